The fourth-order valence-electron chi connectivity index (χ4n) is 3.33. The summed E-state index contributed by atoms with van der Waals surface area (Å²) in [5, 5.41) is 0. The molecule has 3 aromatic rings. The lowest BCUT2D eigenvalue weighted by Gasteiger charge is -2.12. The number of rotatable bonds is 11. The Bertz CT molecular complexity index is 1070. The summed E-state index contributed by atoms with van der Waals surface area (Å²) in [5.41, 5.74) is 3.94. The van der Waals surface area contributed by atoms with Gasteiger partial charge in [0.2, 0.25) is 0 Å². The molecule has 0 saturated heterocycles. The van der Waals surface area contributed by atoms with Crippen LogP contribution in [-0.4, -0.2) is 65.0 Å². The maximum atomic E-state index is 5.52. The number of allylic oxidation sites excluding steroid dienone is 2. The van der Waals surface area contributed by atoms with E-state index in [1.807, 2.05) is 19.9 Å². The van der Waals surface area contributed by atoms with Crippen LogP contribution in [-0.2, 0) is 24.2 Å². The molecule has 0 saturated carbocycles. The summed E-state index contributed by atoms with van der Waals surface area (Å²) in [6.45, 7) is 6.68. The van der Waals surface area contributed by atoms with Gasteiger partial charge in [-0.05, 0) is 45.1 Å². The smallest absolute Gasteiger partial charge is 0.318 e. The van der Waals surface area contributed by atoms with Crippen molar-refractivity contribution in [1.29, 1.82) is 0 Å². The number of ether oxygens (including phenoxy) is 2. The second-order valence-corrected chi connectivity index (χ2v) is 7.61. The first-order valence-corrected chi connectivity index (χ1v) is 10.9. The van der Waals surface area contributed by atoms with E-state index in [1.54, 1.807) is 19.5 Å². The Morgan fingerprint density at radius 1 is 1.12 bits per heavy atom. The van der Waals surface area contributed by atoms with Gasteiger partial charge in [0.1, 0.15) is 17.1 Å². The van der Waals surface area contributed by atoms with Crippen LogP contribution in [0.2, 0.25) is 0 Å². The average molecular weight is 437 g/mol. The van der Waals surface area contributed by atoms with Crippen LogP contribution in [0.5, 0.6) is 6.01 Å². The molecule has 8 heteroatoms. The molecule has 0 bridgehead atoms. The van der Waals surface area contributed by atoms with Crippen molar-refractivity contribution in [3.63, 3.8) is 0 Å². The molecule has 0 spiro atoms. The molecule has 8 nitrogen and oxygen atoms in total. The molecule has 0 atom stereocenters. The lowest BCUT2D eigenvalue weighted by molar-refractivity contribution is 0.313. The van der Waals surface area contributed by atoms with Crippen LogP contribution in [0.1, 0.15) is 30.8 Å². The number of aliphatic imine (C=N–C) groups is 1. The molecule has 0 fully saturated rings. The molecule has 0 N–H and O–H groups in total. The quantitative estimate of drug-likeness (QED) is 0.338. The predicted octanol–water partition coefficient (Wildman–Crippen LogP) is 3.50. The maximum absolute atomic E-state index is 5.52. The Hall–Kier alpha value is -3.26. The number of hydrogen-bond donors (Lipinski definition) is 0. The SMILES string of the molecule is CCN=C/C(=C\Cc1nc2cnc(OCC)nc2n1Cc1ccc(CN(C)C)cc1)OC. The predicted molar refractivity (Wildman–Crippen MR) is 127 cm³/mol. The Kier molecular flexibility index (Phi) is 8.33. The number of fused-ring (bicyclic) bond motifs is 1. The fraction of sp³-hybridized carbons (Fsp3) is 0.417. The van der Waals surface area contributed by atoms with Crippen molar-refractivity contribution in [2.75, 3.05) is 34.4 Å². The van der Waals surface area contributed by atoms with E-state index < -0.39 is 0 Å². The van der Waals surface area contributed by atoms with Gasteiger partial charge in [-0.25, -0.2) is 9.97 Å². The summed E-state index contributed by atoms with van der Waals surface area (Å²) in [7, 11) is 5.78. The van der Waals surface area contributed by atoms with Gasteiger partial charge in [-0.15, -0.1) is 0 Å². The Labute approximate surface area is 189 Å². The third-order valence-electron chi connectivity index (χ3n) is 4.80. The van der Waals surface area contributed by atoms with Gasteiger partial charge in [-0.2, -0.15) is 4.98 Å². The maximum Gasteiger partial charge on any atom is 0.318 e. The van der Waals surface area contributed by atoms with Gasteiger partial charge in [-0.1, -0.05) is 24.3 Å². The molecule has 2 heterocycles. The summed E-state index contributed by atoms with van der Waals surface area (Å²) in [6, 6.07) is 9.00. The lowest BCUT2D eigenvalue weighted by atomic mass is 10.1. The van der Waals surface area contributed by atoms with Crippen LogP contribution in [0.4, 0.5) is 0 Å². The van der Waals surface area contributed by atoms with Crippen LogP contribution in [0.25, 0.3) is 11.2 Å². The number of nitrogens with zero attached hydrogens (tertiary/aromatic N) is 6. The standard InChI is InChI=1S/C24H32N6O2/c1-6-25-14-20(31-5)12-13-22-27-21-15-26-24(32-7-2)28-23(21)30(22)17-19-10-8-18(9-11-19)16-29(3)4/h8-12,14-15H,6-7,13,16-17H2,1-5H3/b20-12+,25-14?. The van der Waals surface area contributed by atoms with E-state index >= 15 is 0 Å². The first-order chi connectivity index (χ1) is 15.5. The molecule has 3 rings (SSSR count). The molecular formula is C24H32N6O2. The minimum atomic E-state index is 0.359. The summed E-state index contributed by atoms with van der Waals surface area (Å²) in [4.78, 5) is 20.1. The lowest BCUT2D eigenvalue weighted by Crippen LogP contribution is -2.11. The van der Waals surface area contributed by atoms with E-state index in [1.165, 1.54) is 11.1 Å². The number of hydrogen-bond acceptors (Lipinski definition) is 7. The molecule has 0 aliphatic carbocycles. The highest BCUT2D eigenvalue weighted by molar-refractivity contribution is 5.76. The van der Waals surface area contributed by atoms with Gasteiger partial charge in [0.15, 0.2) is 5.65 Å². The molecular weight excluding hydrogens is 404 g/mol. The summed E-state index contributed by atoms with van der Waals surface area (Å²) < 4.78 is 13.1. The van der Waals surface area contributed by atoms with Crippen LogP contribution >= 0.6 is 0 Å². The van der Waals surface area contributed by atoms with Crippen molar-refractivity contribution in [3.05, 3.63) is 59.2 Å². The Morgan fingerprint density at radius 2 is 1.88 bits per heavy atom. The molecule has 32 heavy (non-hydrogen) atoms. The monoisotopic (exact) mass is 436 g/mol. The van der Waals surface area contributed by atoms with Crippen LogP contribution in [0.3, 0.4) is 0 Å². The molecule has 1 aromatic carbocycles. The van der Waals surface area contributed by atoms with E-state index in [0.29, 0.717) is 37.9 Å². The van der Waals surface area contributed by atoms with Gasteiger partial charge < -0.3 is 18.9 Å². The van der Waals surface area contributed by atoms with Crippen molar-refractivity contribution in [2.24, 2.45) is 4.99 Å². The third kappa shape index (κ3) is 6.13. The second kappa shape index (κ2) is 11.4. The number of imidazole rings is 1. The molecule has 0 radical (unpaired) electrons. The normalized spacial score (nSPS) is 12.2. The third-order valence-corrected chi connectivity index (χ3v) is 4.80. The molecule has 0 amide bonds. The van der Waals surface area contributed by atoms with Gasteiger partial charge in [0, 0.05) is 19.5 Å². The molecule has 0 unspecified atom stereocenters. The van der Waals surface area contributed by atoms with Gasteiger partial charge >= 0.3 is 6.01 Å². The highest BCUT2D eigenvalue weighted by Gasteiger charge is 2.14. The molecule has 170 valence electrons. The van der Waals surface area contributed by atoms with Crippen molar-refractivity contribution >= 4 is 17.4 Å². The largest absolute Gasteiger partial charge is 0.495 e. The summed E-state index contributed by atoms with van der Waals surface area (Å²) in [6.07, 6.45) is 6.02. The zero-order chi connectivity index (χ0) is 22.9. The highest BCUT2D eigenvalue weighted by Crippen LogP contribution is 2.19. The second-order valence-electron chi connectivity index (χ2n) is 7.61. The zero-order valence-corrected chi connectivity index (χ0v) is 19.6. The van der Waals surface area contributed by atoms with Crippen molar-refractivity contribution in [1.82, 2.24) is 24.4 Å². The Balaban J connectivity index is 1.96. The number of methoxy groups -OCH3 is 1. The van der Waals surface area contributed by atoms with Crippen molar-refractivity contribution in [3.8, 4) is 6.01 Å². The van der Waals surface area contributed by atoms with E-state index in [9.17, 15) is 0 Å². The molecule has 2 aromatic heterocycles. The van der Waals surface area contributed by atoms with Crippen LogP contribution < -0.4 is 4.74 Å². The summed E-state index contributed by atoms with van der Waals surface area (Å²) in [5.74, 6) is 1.58. The van der Waals surface area contributed by atoms with Crippen LogP contribution in [0, 0.1) is 0 Å². The van der Waals surface area contributed by atoms with Gasteiger partial charge in [0.05, 0.1) is 32.7 Å². The summed E-state index contributed by atoms with van der Waals surface area (Å²) >= 11 is 0. The van der Waals surface area contributed by atoms with E-state index in [-0.39, 0.29) is 0 Å². The zero-order valence-electron chi connectivity index (χ0n) is 19.6. The molecule has 0 aliphatic rings. The average Bonchev–Trinajstić information content (AvgIpc) is 3.12. The molecule has 0 aliphatic heterocycles. The first kappa shape index (κ1) is 23.4. The van der Waals surface area contributed by atoms with E-state index in [4.69, 9.17) is 14.5 Å². The van der Waals surface area contributed by atoms with E-state index in [0.717, 1.165) is 23.5 Å². The van der Waals surface area contributed by atoms with Gasteiger partial charge in [0.25, 0.3) is 0 Å². The first-order valence-electron chi connectivity index (χ1n) is 10.9. The van der Waals surface area contributed by atoms with Gasteiger partial charge in [-0.3, -0.25) is 4.99 Å². The Morgan fingerprint density at radius 3 is 2.53 bits per heavy atom. The topological polar surface area (TPSA) is 77.7 Å². The fourth-order valence-corrected chi connectivity index (χ4v) is 3.33. The van der Waals surface area contributed by atoms with Crippen molar-refractivity contribution < 1.29 is 9.47 Å². The minimum absolute atomic E-state index is 0.359. The highest BCUT2D eigenvalue weighted by atomic mass is 16.5. The number of aromatic nitrogens is 4. The van der Waals surface area contributed by atoms with Crippen LogP contribution in [0.15, 0.2) is 47.3 Å². The minimum Gasteiger partial charge on any atom is -0.495 e. The van der Waals surface area contributed by atoms with E-state index in [2.05, 4.69) is 62.8 Å². The number of benzene rings is 1. The van der Waals surface area contributed by atoms with Crippen molar-refractivity contribution in [2.45, 2.75) is 33.4 Å².